The summed E-state index contributed by atoms with van der Waals surface area (Å²) in [6, 6.07) is 9.33. The third-order valence-corrected chi connectivity index (χ3v) is 5.36. The summed E-state index contributed by atoms with van der Waals surface area (Å²) in [5.74, 6) is -0.964. The van der Waals surface area contributed by atoms with E-state index in [0.717, 1.165) is 10.9 Å². The van der Waals surface area contributed by atoms with Crippen molar-refractivity contribution < 1.29 is 22.6 Å². The monoisotopic (exact) mass is 458 g/mol. The van der Waals surface area contributed by atoms with Crippen molar-refractivity contribution in [3.8, 4) is 5.69 Å². The predicted molar refractivity (Wildman–Crippen MR) is 112 cm³/mol. The van der Waals surface area contributed by atoms with Gasteiger partial charge in [0.05, 0.1) is 22.8 Å². The van der Waals surface area contributed by atoms with Crippen LogP contribution in [0, 0.1) is 0 Å². The van der Waals surface area contributed by atoms with Gasteiger partial charge >= 0.3 is 6.18 Å². The molecule has 1 atom stereocenters. The molecule has 2 aromatic heterocycles. The number of rotatable bonds is 3. The highest BCUT2D eigenvalue weighted by molar-refractivity contribution is 7.80. The lowest BCUT2D eigenvalue weighted by molar-refractivity contribution is -0.143. The molecule has 0 saturated heterocycles. The second-order valence-electron chi connectivity index (χ2n) is 6.92. The number of thiol groups is 1. The van der Waals surface area contributed by atoms with E-state index in [4.69, 9.17) is 0 Å². The van der Waals surface area contributed by atoms with Crippen LogP contribution in [-0.4, -0.2) is 26.0 Å². The van der Waals surface area contributed by atoms with Crippen LogP contribution in [0.1, 0.15) is 32.6 Å². The first-order chi connectivity index (χ1) is 15.3. The van der Waals surface area contributed by atoms with E-state index in [-0.39, 0.29) is 16.7 Å². The molecule has 1 aliphatic rings. The first kappa shape index (κ1) is 20.1. The number of nitrogens with one attached hydrogen (secondary N) is 2. The van der Waals surface area contributed by atoms with Crippen molar-refractivity contribution in [3.05, 3.63) is 71.2 Å². The Bertz CT molecular complexity index is 1380. The van der Waals surface area contributed by atoms with Crippen LogP contribution >= 0.6 is 12.6 Å². The van der Waals surface area contributed by atoms with Gasteiger partial charge in [0.25, 0.3) is 5.91 Å². The predicted octanol–water partition coefficient (Wildman–Crippen LogP) is 4.18. The minimum Gasteiger partial charge on any atom is -0.376 e. The lowest BCUT2D eigenvalue weighted by Crippen LogP contribution is -2.22. The molecule has 2 N–H and O–H groups in total. The van der Waals surface area contributed by atoms with Crippen LogP contribution in [0.25, 0.3) is 22.8 Å². The molecule has 0 bridgehead atoms. The molecule has 2 aromatic carbocycles. The normalized spacial score (nSPS) is 15.4. The van der Waals surface area contributed by atoms with Crippen molar-refractivity contribution in [2.45, 2.75) is 11.6 Å². The van der Waals surface area contributed by atoms with Crippen molar-refractivity contribution in [3.63, 3.8) is 0 Å². The Hall–Kier alpha value is -3.80. The molecule has 4 aromatic rings. The number of anilines is 1. The zero-order valence-corrected chi connectivity index (χ0v) is 16.9. The number of benzene rings is 2. The number of carbonyl (C=O) groups excluding carboxylic acids is 1. The topological polar surface area (TPSA) is 97.9 Å². The van der Waals surface area contributed by atoms with E-state index in [9.17, 15) is 18.0 Å². The number of halogens is 3. The summed E-state index contributed by atoms with van der Waals surface area (Å²) in [6.07, 6.45) is -0.706. The first-order valence-corrected chi connectivity index (χ1v) is 9.77. The van der Waals surface area contributed by atoms with E-state index in [1.165, 1.54) is 24.3 Å². The third-order valence-electron chi connectivity index (χ3n) is 4.94. The third kappa shape index (κ3) is 3.38. The number of amides is 1. The number of aromatic nitrogens is 4. The largest absolute Gasteiger partial charge is 0.434 e. The lowest BCUT2D eigenvalue weighted by atomic mass is 10.0. The average molecular weight is 458 g/mol. The standard InChI is InChI=1S/C20H13F3N6O2S/c21-20(22,23)17-13(18(30)26-10-4-5-14-15(8-10)28-31-27-14)9-25-29(17)16-3-1-2-12-11(16)6-7-24-19(12)32/h1-9,19,24,32H,(H,26,30). The molecular formula is C20H13F3N6O2S. The maximum absolute atomic E-state index is 14.1. The molecule has 0 fully saturated rings. The number of hydrogen-bond donors (Lipinski definition) is 3. The molecular weight excluding hydrogens is 445 g/mol. The molecule has 5 rings (SSSR count). The van der Waals surface area contributed by atoms with E-state index in [2.05, 4.69) is 43.3 Å². The van der Waals surface area contributed by atoms with Gasteiger partial charge in [0.2, 0.25) is 0 Å². The molecule has 0 saturated carbocycles. The van der Waals surface area contributed by atoms with Crippen molar-refractivity contribution in [1.82, 2.24) is 25.4 Å². The van der Waals surface area contributed by atoms with Gasteiger partial charge in [-0.3, -0.25) is 4.79 Å². The van der Waals surface area contributed by atoms with E-state index >= 15 is 0 Å². The van der Waals surface area contributed by atoms with Gasteiger partial charge in [-0.1, -0.05) is 12.1 Å². The Morgan fingerprint density at radius 2 is 2.00 bits per heavy atom. The van der Waals surface area contributed by atoms with Crippen LogP contribution in [-0.2, 0) is 6.18 Å². The number of nitrogens with zero attached hydrogens (tertiary/aromatic N) is 4. The van der Waals surface area contributed by atoms with Crippen molar-refractivity contribution in [2.24, 2.45) is 0 Å². The summed E-state index contributed by atoms with van der Waals surface area (Å²) in [5.41, 5.74) is 0.638. The molecule has 0 aliphatic carbocycles. The van der Waals surface area contributed by atoms with Crippen molar-refractivity contribution in [1.29, 1.82) is 0 Å². The Morgan fingerprint density at radius 1 is 1.19 bits per heavy atom. The molecule has 0 spiro atoms. The maximum Gasteiger partial charge on any atom is 0.434 e. The quantitative estimate of drug-likeness (QED) is 0.399. The van der Waals surface area contributed by atoms with Gasteiger partial charge in [0.15, 0.2) is 5.69 Å². The van der Waals surface area contributed by atoms with E-state index in [0.29, 0.717) is 22.2 Å². The molecule has 1 unspecified atom stereocenters. The molecule has 1 amide bonds. The number of alkyl halides is 3. The van der Waals surface area contributed by atoms with Gasteiger partial charge in [-0.2, -0.15) is 18.3 Å². The molecule has 3 heterocycles. The van der Waals surface area contributed by atoms with E-state index in [1.54, 1.807) is 24.4 Å². The van der Waals surface area contributed by atoms with Gasteiger partial charge in [0.1, 0.15) is 11.0 Å². The SMILES string of the molecule is O=C(Nc1ccc2nonc2c1)c1cnn(-c2cccc3c2C=CNC3S)c1C(F)(F)F. The van der Waals surface area contributed by atoms with Crippen LogP contribution < -0.4 is 10.6 Å². The molecule has 162 valence electrons. The summed E-state index contributed by atoms with van der Waals surface area (Å²) < 4.78 is 47.6. The zero-order valence-electron chi connectivity index (χ0n) is 16.0. The summed E-state index contributed by atoms with van der Waals surface area (Å²) in [6.45, 7) is 0. The number of fused-ring (bicyclic) bond motifs is 2. The molecule has 8 nitrogen and oxygen atoms in total. The lowest BCUT2D eigenvalue weighted by Gasteiger charge is -2.22. The van der Waals surface area contributed by atoms with Crippen molar-refractivity contribution in [2.75, 3.05) is 5.32 Å². The minimum absolute atomic E-state index is 0.181. The average Bonchev–Trinajstić information content (AvgIpc) is 3.40. The Labute approximate surface area is 183 Å². The molecule has 12 heteroatoms. The van der Waals surface area contributed by atoms with E-state index < -0.39 is 23.3 Å². The molecule has 0 radical (unpaired) electrons. The summed E-state index contributed by atoms with van der Waals surface area (Å²) in [5, 5.41) is 16.2. The van der Waals surface area contributed by atoms with Gasteiger partial charge in [0, 0.05) is 11.3 Å². The van der Waals surface area contributed by atoms with Crippen molar-refractivity contribution >= 4 is 41.3 Å². The second kappa shape index (κ2) is 7.41. The highest BCUT2D eigenvalue weighted by Crippen LogP contribution is 2.37. The fraction of sp³-hybridized carbons (Fsp3) is 0.100. The van der Waals surface area contributed by atoms with Crippen LogP contribution in [0.3, 0.4) is 0 Å². The van der Waals surface area contributed by atoms with Crippen LogP contribution in [0.2, 0.25) is 0 Å². The van der Waals surface area contributed by atoms with Gasteiger partial charge in [-0.25, -0.2) is 9.31 Å². The molecule has 1 aliphatic heterocycles. The molecule has 32 heavy (non-hydrogen) atoms. The summed E-state index contributed by atoms with van der Waals surface area (Å²) in [7, 11) is 0. The van der Waals surface area contributed by atoms with Crippen LogP contribution in [0.5, 0.6) is 0 Å². The maximum atomic E-state index is 14.1. The first-order valence-electron chi connectivity index (χ1n) is 9.26. The van der Waals surface area contributed by atoms with Gasteiger partial charge in [-0.15, -0.1) is 12.6 Å². The Morgan fingerprint density at radius 3 is 2.81 bits per heavy atom. The summed E-state index contributed by atoms with van der Waals surface area (Å²) in [4.78, 5) is 12.8. The Kier molecular flexibility index (Phi) is 4.66. The number of carbonyl (C=O) groups is 1. The highest BCUT2D eigenvalue weighted by Gasteiger charge is 2.41. The smallest absolute Gasteiger partial charge is 0.376 e. The summed E-state index contributed by atoms with van der Waals surface area (Å²) >= 11 is 4.40. The van der Waals surface area contributed by atoms with Crippen LogP contribution in [0.15, 0.2) is 53.4 Å². The Balaban J connectivity index is 1.58. The van der Waals surface area contributed by atoms with E-state index in [1.807, 2.05) is 0 Å². The van der Waals surface area contributed by atoms with Gasteiger partial charge in [-0.05, 0) is 52.4 Å². The second-order valence-corrected chi connectivity index (χ2v) is 7.44. The highest BCUT2D eigenvalue weighted by atomic mass is 32.1. The fourth-order valence-electron chi connectivity index (χ4n) is 3.52. The van der Waals surface area contributed by atoms with Crippen LogP contribution in [0.4, 0.5) is 18.9 Å². The fourth-order valence-corrected chi connectivity index (χ4v) is 3.83. The van der Waals surface area contributed by atoms with Gasteiger partial charge < -0.3 is 10.6 Å². The zero-order chi connectivity index (χ0) is 22.5. The minimum atomic E-state index is -4.84. The number of hydrogen-bond acceptors (Lipinski definition) is 7.